The molecule has 1 aliphatic rings. The number of anilines is 6. The van der Waals surface area contributed by atoms with E-state index in [1.165, 1.54) is 128 Å². The Morgan fingerprint density at radius 1 is 0.289 bits per heavy atom. The Labute approximate surface area is 453 Å². The fraction of sp³-hybridized carbons (Fsp3) is 0.189. The second-order valence-electron chi connectivity index (χ2n) is 22.6. The van der Waals surface area contributed by atoms with E-state index in [1.807, 2.05) is 0 Å². The smallest absolute Gasteiger partial charge is 0.0491 e. The minimum Gasteiger partial charge on any atom is -0.310 e. The van der Waals surface area contributed by atoms with Gasteiger partial charge in [0.05, 0.1) is 0 Å². The molecule has 0 amide bonds. The first kappa shape index (κ1) is 50.0. The van der Waals surface area contributed by atoms with Gasteiger partial charge in [-0.2, -0.15) is 0 Å². The number of hydrogen-bond donors (Lipinski definition) is 0. The van der Waals surface area contributed by atoms with Crippen LogP contribution < -0.4 is 9.80 Å². The van der Waals surface area contributed by atoms with Crippen LogP contribution in [0.5, 0.6) is 0 Å². The van der Waals surface area contributed by atoms with Crippen molar-refractivity contribution in [3.05, 3.63) is 274 Å². The zero-order chi connectivity index (χ0) is 53.0. The van der Waals surface area contributed by atoms with Crippen LogP contribution in [0.1, 0.15) is 88.4 Å². The summed E-state index contributed by atoms with van der Waals surface area (Å²) < 4.78 is 0. The number of aryl methyl sites for hydroxylation is 8. The molecule has 1 aliphatic carbocycles. The standard InChI is InChI=1S/C74H70N2/c1-48-20-12-16-24-63(48)56-28-38-69(52(5)42-56)75(70-39-29-57(43-53(70)6)64-25-17-13-21-49(64)2)61-34-32-60(33-35-61)74(11)47-73(9,10)67-37-36-62(46-68(67)74)76(71-40-30-58(44-54(71)7)65-26-18-14-22-50(65)3)72-41-31-59(45-55(72)8)66-27-19-15-23-51(66)4/h12-46H,47H2,1-11H3. The summed E-state index contributed by atoms with van der Waals surface area (Å²) in [6, 6.07) is 79.6. The SMILES string of the molecule is Cc1ccccc1-c1ccc(N(c2ccc(C3(C)CC(C)(C)c4ccc(N(c5ccc(-c6ccccc6C)cc5C)c5ccc(-c6ccccc6C)cc5C)cc43)cc2)c2ccc(-c3ccccc3C)cc2C)c(C)c1. The minimum atomic E-state index is -0.256. The maximum atomic E-state index is 2.52. The topological polar surface area (TPSA) is 6.48 Å². The first-order valence-corrected chi connectivity index (χ1v) is 27.1. The van der Waals surface area contributed by atoms with Crippen LogP contribution in [-0.4, -0.2) is 0 Å². The van der Waals surface area contributed by atoms with Crippen LogP contribution in [0.25, 0.3) is 44.5 Å². The van der Waals surface area contributed by atoms with E-state index in [1.54, 1.807) is 0 Å². The van der Waals surface area contributed by atoms with Gasteiger partial charge >= 0.3 is 0 Å². The van der Waals surface area contributed by atoms with E-state index >= 15 is 0 Å². The van der Waals surface area contributed by atoms with Gasteiger partial charge in [0.25, 0.3) is 0 Å². The van der Waals surface area contributed by atoms with Gasteiger partial charge in [0, 0.05) is 39.5 Å². The molecule has 1 unspecified atom stereocenters. The predicted octanol–water partition coefficient (Wildman–Crippen LogP) is 20.7. The monoisotopic (exact) mass is 987 g/mol. The van der Waals surface area contributed by atoms with Crippen LogP contribution in [0.2, 0.25) is 0 Å². The molecule has 0 N–H and O–H groups in total. The van der Waals surface area contributed by atoms with Crippen molar-refractivity contribution in [2.75, 3.05) is 9.80 Å². The summed E-state index contributed by atoms with van der Waals surface area (Å²) in [6.07, 6.45) is 0.995. The Bertz CT molecular complexity index is 3640. The molecular formula is C74H70N2. The minimum absolute atomic E-state index is 0.0414. The number of nitrogens with zero attached hydrogens (tertiary/aromatic N) is 2. The van der Waals surface area contributed by atoms with Crippen molar-refractivity contribution in [3.63, 3.8) is 0 Å². The van der Waals surface area contributed by atoms with Crippen LogP contribution in [-0.2, 0) is 10.8 Å². The van der Waals surface area contributed by atoms with Gasteiger partial charge in [0.15, 0.2) is 0 Å². The van der Waals surface area contributed by atoms with Gasteiger partial charge in [-0.15, -0.1) is 0 Å². The Kier molecular flexibility index (Phi) is 13.0. The molecule has 0 saturated heterocycles. The van der Waals surface area contributed by atoms with Crippen molar-refractivity contribution in [3.8, 4) is 44.5 Å². The van der Waals surface area contributed by atoms with Gasteiger partial charge in [-0.1, -0.05) is 160 Å². The Balaban J connectivity index is 1.02. The summed E-state index contributed by atoms with van der Waals surface area (Å²) in [4.78, 5) is 4.99. The molecule has 0 fully saturated rings. The highest BCUT2D eigenvalue weighted by Crippen LogP contribution is 2.55. The number of fused-ring (bicyclic) bond motifs is 1. The molecule has 0 aliphatic heterocycles. The van der Waals surface area contributed by atoms with Crippen LogP contribution in [0, 0.1) is 55.4 Å². The summed E-state index contributed by atoms with van der Waals surface area (Å²) in [6.45, 7) is 25.2. The molecule has 0 bridgehead atoms. The van der Waals surface area contributed by atoms with E-state index in [-0.39, 0.29) is 10.8 Å². The molecule has 1 atom stereocenters. The molecule has 10 aromatic rings. The van der Waals surface area contributed by atoms with Crippen molar-refractivity contribution >= 4 is 34.1 Å². The normalized spacial score (nSPS) is 14.6. The molecule has 2 nitrogen and oxygen atoms in total. The molecule has 376 valence electrons. The van der Waals surface area contributed by atoms with E-state index in [9.17, 15) is 0 Å². The van der Waals surface area contributed by atoms with Gasteiger partial charge in [-0.25, -0.2) is 0 Å². The lowest BCUT2D eigenvalue weighted by Crippen LogP contribution is -2.24. The summed E-state index contributed by atoms with van der Waals surface area (Å²) in [5.41, 5.74) is 30.9. The Hall–Kier alpha value is -8.20. The van der Waals surface area contributed by atoms with Crippen LogP contribution in [0.4, 0.5) is 34.1 Å². The first-order valence-electron chi connectivity index (χ1n) is 27.1. The second-order valence-corrected chi connectivity index (χ2v) is 22.6. The Morgan fingerprint density at radius 2 is 0.605 bits per heavy atom. The maximum absolute atomic E-state index is 2.52. The van der Waals surface area contributed by atoms with Crippen molar-refractivity contribution < 1.29 is 0 Å². The Morgan fingerprint density at radius 3 is 0.934 bits per heavy atom. The summed E-state index contributed by atoms with van der Waals surface area (Å²) in [5, 5.41) is 0. The van der Waals surface area contributed by atoms with Gasteiger partial charge in [0.1, 0.15) is 0 Å². The van der Waals surface area contributed by atoms with Crippen LogP contribution >= 0.6 is 0 Å². The summed E-state index contributed by atoms with van der Waals surface area (Å²) >= 11 is 0. The zero-order valence-corrected chi connectivity index (χ0v) is 46.3. The number of benzene rings is 10. The molecule has 0 heterocycles. The quantitative estimate of drug-likeness (QED) is 0.127. The van der Waals surface area contributed by atoms with Gasteiger partial charge in [-0.05, 0) is 246 Å². The van der Waals surface area contributed by atoms with Gasteiger partial charge < -0.3 is 9.80 Å². The molecule has 10 aromatic carbocycles. The van der Waals surface area contributed by atoms with Crippen LogP contribution in [0.3, 0.4) is 0 Å². The van der Waals surface area contributed by atoms with Crippen molar-refractivity contribution in [1.29, 1.82) is 0 Å². The average Bonchev–Trinajstić information content (AvgIpc) is 3.75. The highest BCUT2D eigenvalue weighted by Gasteiger charge is 2.46. The lowest BCUT2D eigenvalue weighted by molar-refractivity contribution is 0.425. The first-order chi connectivity index (χ1) is 36.6. The predicted molar refractivity (Wildman–Crippen MR) is 326 cm³/mol. The average molecular weight is 987 g/mol. The van der Waals surface area contributed by atoms with E-state index < -0.39 is 0 Å². The molecule has 2 heteroatoms. The van der Waals surface area contributed by atoms with E-state index in [0.29, 0.717) is 0 Å². The fourth-order valence-corrected chi connectivity index (χ4v) is 12.7. The highest BCUT2D eigenvalue weighted by atomic mass is 15.2. The third-order valence-corrected chi connectivity index (χ3v) is 16.7. The van der Waals surface area contributed by atoms with Gasteiger partial charge in [-0.3, -0.25) is 0 Å². The molecule has 0 saturated carbocycles. The van der Waals surface area contributed by atoms with E-state index in [4.69, 9.17) is 0 Å². The molecule has 76 heavy (non-hydrogen) atoms. The maximum Gasteiger partial charge on any atom is 0.0491 e. The molecule has 0 spiro atoms. The third-order valence-electron chi connectivity index (χ3n) is 16.7. The van der Waals surface area contributed by atoms with E-state index in [2.05, 4.69) is 298 Å². The fourth-order valence-electron chi connectivity index (χ4n) is 12.7. The van der Waals surface area contributed by atoms with E-state index in [0.717, 1.165) is 17.8 Å². The third kappa shape index (κ3) is 9.04. The highest BCUT2D eigenvalue weighted by molar-refractivity contribution is 5.87. The number of hydrogen-bond acceptors (Lipinski definition) is 2. The summed E-state index contributed by atoms with van der Waals surface area (Å²) in [5.74, 6) is 0. The molecule has 0 radical (unpaired) electrons. The van der Waals surface area contributed by atoms with Crippen molar-refractivity contribution in [2.24, 2.45) is 0 Å². The molecular weight excluding hydrogens is 917 g/mol. The summed E-state index contributed by atoms with van der Waals surface area (Å²) in [7, 11) is 0. The lowest BCUT2D eigenvalue weighted by atomic mass is 9.75. The molecule has 11 rings (SSSR count). The lowest BCUT2D eigenvalue weighted by Gasteiger charge is -2.33. The zero-order valence-electron chi connectivity index (χ0n) is 46.3. The van der Waals surface area contributed by atoms with Crippen molar-refractivity contribution in [1.82, 2.24) is 0 Å². The van der Waals surface area contributed by atoms with Gasteiger partial charge in [0.2, 0.25) is 0 Å². The number of rotatable bonds is 11. The van der Waals surface area contributed by atoms with Crippen molar-refractivity contribution in [2.45, 2.75) is 93.4 Å². The largest absolute Gasteiger partial charge is 0.310 e. The second kappa shape index (κ2) is 19.8. The van der Waals surface area contributed by atoms with Crippen LogP contribution in [0.15, 0.2) is 212 Å². The molecule has 0 aromatic heterocycles.